The van der Waals surface area contributed by atoms with E-state index in [1.165, 1.54) is 7.11 Å². The molecule has 8 nitrogen and oxygen atoms in total. The monoisotopic (exact) mass is 498 g/mol. The van der Waals surface area contributed by atoms with Crippen molar-refractivity contribution in [2.75, 3.05) is 33.3 Å². The van der Waals surface area contributed by atoms with E-state index in [2.05, 4.69) is 9.59 Å². The Labute approximate surface area is 203 Å². The molecular formula is C24H26N4O4S2. The van der Waals surface area contributed by atoms with Gasteiger partial charge in [0.2, 0.25) is 10.0 Å². The van der Waals surface area contributed by atoms with E-state index in [0.717, 1.165) is 36.4 Å². The summed E-state index contributed by atoms with van der Waals surface area (Å²) in [4.78, 5) is 16.0. The first kappa shape index (κ1) is 22.9. The van der Waals surface area contributed by atoms with Gasteiger partial charge in [-0.2, -0.15) is 4.31 Å². The molecule has 0 saturated carbocycles. The van der Waals surface area contributed by atoms with Crippen LogP contribution in [-0.2, 0) is 10.0 Å². The Hall–Kier alpha value is -2.82. The van der Waals surface area contributed by atoms with Gasteiger partial charge in [0.05, 0.1) is 12.0 Å². The second kappa shape index (κ2) is 9.09. The van der Waals surface area contributed by atoms with Gasteiger partial charge < -0.3 is 9.64 Å². The number of piperidine rings is 1. The van der Waals surface area contributed by atoms with Gasteiger partial charge in [-0.25, -0.2) is 8.42 Å². The van der Waals surface area contributed by atoms with Gasteiger partial charge in [-0.15, -0.1) is 5.10 Å². The molecule has 2 saturated heterocycles. The van der Waals surface area contributed by atoms with E-state index >= 15 is 0 Å². The fraction of sp³-hybridized carbons (Fsp3) is 0.375. The van der Waals surface area contributed by atoms with Crippen molar-refractivity contribution >= 4 is 27.5 Å². The zero-order chi connectivity index (χ0) is 23.8. The highest BCUT2D eigenvalue weighted by molar-refractivity contribution is 7.89. The van der Waals surface area contributed by atoms with Gasteiger partial charge in [-0.05, 0) is 48.3 Å². The van der Waals surface area contributed by atoms with Crippen molar-refractivity contribution in [3.63, 3.8) is 0 Å². The fourth-order valence-electron chi connectivity index (χ4n) is 4.89. The second-order valence-corrected chi connectivity index (χ2v) is 11.6. The van der Waals surface area contributed by atoms with Crippen molar-refractivity contribution in [1.82, 2.24) is 18.8 Å². The van der Waals surface area contributed by atoms with E-state index in [1.54, 1.807) is 28.6 Å². The molecule has 3 aromatic rings. The Bertz CT molecular complexity index is 1290. The number of nitrogens with zero attached hydrogens (tertiary/aromatic N) is 4. The first-order valence-electron chi connectivity index (χ1n) is 11.2. The number of methoxy groups -OCH3 is 1. The van der Waals surface area contributed by atoms with Crippen molar-refractivity contribution in [2.24, 2.45) is 5.41 Å². The number of sulfonamides is 1. The number of hydrogen-bond donors (Lipinski definition) is 0. The largest absolute Gasteiger partial charge is 0.497 e. The van der Waals surface area contributed by atoms with Crippen LogP contribution in [0.1, 0.15) is 28.9 Å². The maximum atomic E-state index is 13.3. The lowest BCUT2D eigenvalue weighted by Gasteiger charge is -2.38. The molecule has 1 amide bonds. The van der Waals surface area contributed by atoms with Crippen LogP contribution in [0, 0.1) is 5.41 Å². The summed E-state index contributed by atoms with van der Waals surface area (Å²) in [6.07, 6.45) is 2.33. The van der Waals surface area contributed by atoms with Gasteiger partial charge in [-0.1, -0.05) is 40.9 Å². The number of hydrogen-bond acceptors (Lipinski definition) is 7. The van der Waals surface area contributed by atoms with Gasteiger partial charge in [-0.3, -0.25) is 4.79 Å². The molecule has 2 aliphatic heterocycles. The number of aromatic nitrogens is 2. The predicted molar refractivity (Wildman–Crippen MR) is 129 cm³/mol. The lowest BCUT2D eigenvalue weighted by Crippen LogP contribution is -2.44. The Kier molecular flexibility index (Phi) is 6.13. The number of benzene rings is 2. The zero-order valence-electron chi connectivity index (χ0n) is 18.9. The molecule has 3 heterocycles. The summed E-state index contributed by atoms with van der Waals surface area (Å²) in [6.45, 7) is 2.18. The molecule has 0 atom stereocenters. The fourth-order valence-corrected chi connectivity index (χ4v) is 7.02. The molecule has 2 aliphatic rings. The summed E-state index contributed by atoms with van der Waals surface area (Å²) < 4.78 is 37.1. The molecule has 0 N–H and O–H groups in total. The van der Waals surface area contributed by atoms with Gasteiger partial charge in [0, 0.05) is 37.8 Å². The second-order valence-electron chi connectivity index (χ2n) is 8.88. The molecule has 0 aliphatic carbocycles. The number of carbonyl (C=O) groups excluding carboxylic acids is 1. The minimum atomic E-state index is -3.58. The van der Waals surface area contributed by atoms with Crippen LogP contribution in [0.4, 0.5) is 0 Å². The lowest BCUT2D eigenvalue weighted by molar-refractivity contribution is 0.0755. The molecule has 0 bridgehead atoms. The van der Waals surface area contributed by atoms with Crippen molar-refractivity contribution in [3.8, 4) is 17.0 Å². The molecule has 2 aromatic carbocycles. The van der Waals surface area contributed by atoms with Crippen molar-refractivity contribution < 1.29 is 17.9 Å². The van der Waals surface area contributed by atoms with Gasteiger partial charge in [0.15, 0.2) is 0 Å². The quantitative estimate of drug-likeness (QED) is 0.534. The van der Waals surface area contributed by atoms with E-state index < -0.39 is 10.0 Å². The molecule has 1 spiro atoms. The van der Waals surface area contributed by atoms with Gasteiger partial charge in [0.25, 0.3) is 5.91 Å². The summed E-state index contributed by atoms with van der Waals surface area (Å²) in [5.74, 6) is 0.476. The number of carbonyl (C=O) groups is 1. The maximum Gasteiger partial charge on any atom is 0.267 e. The standard InChI is InChI=1S/C24H26N4O4S2/c1-32-19-8-5-9-20(16-19)34(30,31)28-14-11-24(12-15-28)10-13-27(17-24)23(29)22-21(25-26-33-22)18-6-3-2-4-7-18/h2-9,16H,10-15,17H2,1H3. The predicted octanol–water partition coefficient (Wildman–Crippen LogP) is 3.53. The molecule has 0 radical (unpaired) electrons. The summed E-state index contributed by atoms with van der Waals surface area (Å²) >= 11 is 1.13. The summed E-state index contributed by atoms with van der Waals surface area (Å²) in [5.41, 5.74) is 1.45. The van der Waals surface area contributed by atoms with Crippen LogP contribution in [0.2, 0.25) is 0 Å². The highest BCUT2D eigenvalue weighted by Crippen LogP contribution is 2.42. The number of amides is 1. The Morgan fingerprint density at radius 1 is 1.03 bits per heavy atom. The van der Waals surface area contributed by atoms with E-state index in [1.807, 2.05) is 35.2 Å². The first-order chi connectivity index (χ1) is 16.4. The molecule has 178 valence electrons. The van der Waals surface area contributed by atoms with Crippen LogP contribution in [0.3, 0.4) is 0 Å². The average molecular weight is 499 g/mol. The van der Waals surface area contributed by atoms with Crippen LogP contribution in [0.5, 0.6) is 5.75 Å². The number of rotatable bonds is 5. The topological polar surface area (TPSA) is 92.7 Å². The van der Waals surface area contributed by atoms with E-state index in [9.17, 15) is 13.2 Å². The van der Waals surface area contributed by atoms with Crippen molar-refractivity contribution in [2.45, 2.75) is 24.2 Å². The minimum Gasteiger partial charge on any atom is -0.497 e. The SMILES string of the molecule is COc1cccc(S(=O)(=O)N2CCC3(CCN(C(=O)c4snnc4-c4ccccc4)C3)CC2)c1. The highest BCUT2D eigenvalue weighted by atomic mass is 32.2. The first-order valence-corrected chi connectivity index (χ1v) is 13.4. The smallest absolute Gasteiger partial charge is 0.267 e. The minimum absolute atomic E-state index is 0.0443. The molecular weight excluding hydrogens is 472 g/mol. The number of ether oxygens (including phenoxy) is 1. The summed E-state index contributed by atoms with van der Waals surface area (Å²) in [7, 11) is -2.06. The molecule has 10 heteroatoms. The molecule has 5 rings (SSSR count). The average Bonchev–Trinajstić information content (AvgIpc) is 3.53. The van der Waals surface area contributed by atoms with Crippen LogP contribution in [0.25, 0.3) is 11.3 Å². The van der Waals surface area contributed by atoms with E-state index in [0.29, 0.717) is 42.5 Å². The molecule has 1 aromatic heterocycles. The normalized spacial score (nSPS) is 18.3. The van der Waals surface area contributed by atoms with Gasteiger partial charge >= 0.3 is 0 Å². The highest BCUT2D eigenvalue weighted by Gasteiger charge is 2.44. The van der Waals surface area contributed by atoms with Crippen molar-refractivity contribution in [1.29, 1.82) is 0 Å². The lowest BCUT2D eigenvalue weighted by atomic mass is 9.78. The third-order valence-corrected chi connectivity index (χ3v) is 9.53. The summed E-state index contributed by atoms with van der Waals surface area (Å²) in [5, 5.41) is 4.20. The Morgan fingerprint density at radius 2 is 1.76 bits per heavy atom. The number of likely N-dealkylation sites (tertiary alicyclic amines) is 1. The van der Waals surface area contributed by atoms with E-state index in [-0.39, 0.29) is 16.2 Å². The Morgan fingerprint density at radius 3 is 2.50 bits per heavy atom. The van der Waals surface area contributed by atoms with Crippen LogP contribution >= 0.6 is 11.5 Å². The Balaban J connectivity index is 1.26. The van der Waals surface area contributed by atoms with E-state index in [4.69, 9.17) is 4.74 Å². The molecule has 34 heavy (non-hydrogen) atoms. The van der Waals surface area contributed by atoms with Crippen molar-refractivity contribution in [3.05, 3.63) is 59.5 Å². The molecule has 2 fully saturated rings. The third kappa shape index (κ3) is 4.21. The molecule has 0 unspecified atom stereocenters. The third-order valence-electron chi connectivity index (χ3n) is 6.92. The van der Waals surface area contributed by atoms with Crippen LogP contribution < -0.4 is 4.74 Å². The maximum absolute atomic E-state index is 13.3. The van der Waals surface area contributed by atoms with Crippen LogP contribution in [-0.4, -0.2) is 66.4 Å². The summed E-state index contributed by atoms with van der Waals surface area (Å²) in [6, 6.07) is 16.2. The zero-order valence-corrected chi connectivity index (χ0v) is 20.5. The van der Waals surface area contributed by atoms with Crippen LogP contribution in [0.15, 0.2) is 59.5 Å². The van der Waals surface area contributed by atoms with Gasteiger partial charge in [0.1, 0.15) is 16.3 Å².